The Morgan fingerprint density at radius 1 is 0.895 bits per heavy atom. The van der Waals surface area contributed by atoms with Crippen LogP contribution in [0.25, 0.3) is 6.08 Å². The standard InChI is InChI=1S/C16H16O2S/c1-14(12-13-15-8-4-2-5-9-15)19(17,18)16-10-6-3-7-11-16/h2-14H,1H3/b13-12+/t14-/m0/s1. The van der Waals surface area contributed by atoms with Gasteiger partial charge < -0.3 is 0 Å². The molecule has 0 unspecified atom stereocenters. The van der Waals surface area contributed by atoms with Crippen LogP contribution >= 0.6 is 0 Å². The van der Waals surface area contributed by atoms with Crippen LogP contribution in [0.15, 0.2) is 71.6 Å². The molecule has 2 rings (SSSR count). The zero-order chi connectivity index (χ0) is 13.7. The zero-order valence-electron chi connectivity index (χ0n) is 10.7. The van der Waals surface area contributed by atoms with Gasteiger partial charge in [0.05, 0.1) is 10.1 Å². The van der Waals surface area contributed by atoms with Crippen LogP contribution in [0.5, 0.6) is 0 Å². The fourth-order valence-corrected chi connectivity index (χ4v) is 2.99. The SMILES string of the molecule is C[C@@H](/C=C/c1ccccc1)S(=O)(=O)c1ccccc1. The zero-order valence-corrected chi connectivity index (χ0v) is 11.5. The quantitative estimate of drug-likeness (QED) is 0.852. The predicted octanol–water partition coefficient (Wildman–Crippen LogP) is 3.56. The van der Waals surface area contributed by atoms with E-state index in [0.29, 0.717) is 4.90 Å². The smallest absolute Gasteiger partial charge is 0.184 e. The molecule has 0 fully saturated rings. The third-order valence-electron chi connectivity index (χ3n) is 2.92. The predicted molar refractivity (Wildman–Crippen MR) is 78.6 cm³/mol. The Kier molecular flexibility index (Phi) is 4.17. The highest BCUT2D eigenvalue weighted by atomic mass is 32.2. The van der Waals surface area contributed by atoms with Gasteiger partial charge in [0.2, 0.25) is 0 Å². The molecule has 0 N–H and O–H groups in total. The van der Waals surface area contributed by atoms with Gasteiger partial charge in [-0.3, -0.25) is 0 Å². The second-order valence-corrected chi connectivity index (χ2v) is 6.64. The molecule has 2 aromatic carbocycles. The van der Waals surface area contributed by atoms with E-state index in [4.69, 9.17) is 0 Å². The van der Waals surface area contributed by atoms with E-state index in [2.05, 4.69) is 0 Å². The number of hydrogen-bond donors (Lipinski definition) is 0. The van der Waals surface area contributed by atoms with Crippen molar-refractivity contribution in [3.05, 3.63) is 72.3 Å². The number of hydrogen-bond acceptors (Lipinski definition) is 2. The number of sulfone groups is 1. The lowest BCUT2D eigenvalue weighted by Crippen LogP contribution is -2.15. The van der Waals surface area contributed by atoms with Crippen molar-refractivity contribution in [3.8, 4) is 0 Å². The van der Waals surface area contributed by atoms with E-state index in [9.17, 15) is 8.42 Å². The Hall–Kier alpha value is -1.87. The highest BCUT2D eigenvalue weighted by Crippen LogP contribution is 2.17. The first-order chi connectivity index (χ1) is 9.10. The molecule has 0 amide bonds. The molecule has 0 saturated heterocycles. The van der Waals surface area contributed by atoms with Crippen molar-refractivity contribution in [2.75, 3.05) is 0 Å². The van der Waals surface area contributed by atoms with Crippen molar-refractivity contribution in [1.29, 1.82) is 0 Å². The minimum atomic E-state index is -3.30. The summed E-state index contributed by atoms with van der Waals surface area (Å²) in [7, 11) is -3.30. The maximum atomic E-state index is 12.3. The van der Waals surface area contributed by atoms with Gasteiger partial charge in [-0.2, -0.15) is 0 Å². The summed E-state index contributed by atoms with van der Waals surface area (Å²) in [6, 6.07) is 18.2. The van der Waals surface area contributed by atoms with E-state index in [0.717, 1.165) is 5.56 Å². The van der Waals surface area contributed by atoms with Gasteiger partial charge in [-0.15, -0.1) is 0 Å². The Balaban J connectivity index is 2.21. The first-order valence-corrected chi connectivity index (χ1v) is 7.67. The maximum absolute atomic E-state index is 12.3. The van der Waals surface area contributed by atoms with Gasteiger partial charge >= 0.3 is 0 Å². The first kappa shape index (κ1) is 13.6. The summed E-state index contributed by atoms with van der Waals surface area (Å²) in [6.45, 7) is 1.70. The molecular weight excluding hydrogens is 256 g/mol. The van der Waals surface area contributed by atoms with Crippen LogP contribution in [0.2, 0.25) is 0 Å². The fourth-order valence-electron chi connectivity index (χ4n) is 1.74. The minimum absolute atomic E-state index is 0.361. The van der Waals surface area contributed by atoms with Crippen LogP contribution in [-0.2, 0) is 9.84 Å². The third-order valence-corrected chi connectivity index (χ3v) is 4.99. The summed E-state index contributed by atoms with van der Waals surface area (Å²) in [5.41, 5.74) is 0.998. The second kappa shape index (κ2) is 5.85. The molecule has 98 valence electrons. The molecule has 0 spiro atoms. The molecule has 0 aliphatic carbocycles. The Bertz CT molecular complexity index is 644. The molecule has 0 saturated carbocycles. The van der Waals surface area contributed by atoms with Crippen molar-refractivity contribution in [1.82, 2.24) is 0 Å². The molecule has 0 aromatic heterocycles. The van der Waals surface area contributed by atoms with Crippen molar-refractivity contribution in [2.24, 2.45) is 0 Å². The van der Waals surface area contributed by atoms with E-state index in [1.165, 1.54) is 0 Å². The normalized spacial score (nSPS) is 13.5. The van der Waals surface area contributed by atoms with E-state index < -0.39 is 15.1 Å². The van der Waals surface area contributed by atoms with Crippen LogP contribution in [0, 0.1) is 0 Å². The molecule has 0 aliphatic heterocycles. The van der Waals surface area contributed by atoms with Gasteiger partial charge in [-0.05, 0) is 24.6 Å². The average Bonchev–Trinajstić information content (AvgIpc) is 2.46. The third kappa shape index (κ3) is 3.32. The fraction of sp³-hybridized carbons (Fsp3) is 0.125. The van der Waals surface area contributed by atoms with Gasteiger partial charge in [-0.1, -0.05) is 60.7 Å². The number of rotatable bonds is 4. The molecule has 19 heavy (non-hydrogen) atoms. The van der Waals surface area contributed by atoms with Crippen molar-refractivity contribution in [2.45, 2.75) is 17.1 Å². The second-order valence-electron chi connectivity index (χ2n) is 4.33. The van der Waals surface area contributed by atoms with Crippen LogP contribution in [0.1, 0.15) is 12.5 Å². The van der Waals surface area contributed by atoms with Crippen LogP contribution in [0.4, 0.5) is 0 Å². The monoisotopic (exact) mass is 272 g/mol. The lowest BCUT2D eigenvalue weighted by molar-refractivity contribution is 0.591. The van der Waals surface area contributed by atoms with E-state index in [1.54, 1.807) is 37.3 Å². The van der Waals surface area contributed by atoms with Crippen LogP contribution in [0.3, 0.4) is 0 Å². The Labute approximate surface area is 114 Å². The molecule has 0 radical (unpaired) electrons. The topological polar surface area (TPSA) is 34.1 Å². The van der Waals surface area contributed by atoms with Crippen molar-refractivity contribution < 1.29 is 8.42 Å². The molecular formula is C16H16O2S. The van der Waals surface area contributed by atoms with E-state index >= 15 is 0 Å². The summed E-state index contributed by atoms with van der Waals surface area (Å²) in [4.78, 5) is 0.361. The molecule has 2 aromatic rings. The summed E-state index contributed by atoms with van der Waals surface area (Å²) in [6.07, 6.45) is 3.56. The molecule has 1 atom stereocenters. The highest BCUT2D eigenvalue weighted by Gasteiger charge is 2.20. The first-order valence-electron chi connectivity index (χ1n) is 6.13. The van der Waals surface area contributed by atoms with Gasteiger partial charge in [0.25, 0.3) is 0 Å². The van der Waals surface area contributed by atoms with Crippen molar-refractivity contribution in [3.63, 3.8) is 0 Å². The Morgan fingerprint density at radius 3 is 2.00 bits per heavy atom. The van der Waals surface area contributed by atoms with Crippen molar-refractivity contribution >= 4 is 15.9 Å². The maximum Gasteiger partial charge on any atom is 0.184 e. The lowest BCUT2D eigenvalue weighted by Gasteiger charge is -2.08. The molecule has 0 heterocycles. The van der Waals surface area contributed by atoms with Gasteiger partial charge in [-0.25, -0.2) is 8.42 Å². The summed E-state index contributed by atoms with van der Waals surface area (Å²) < 4.78 is 24.6. The van der Waals surface area contributed by atoms with Crippen LogP contribution in [-0.4, -0.2) is 13.7 Å². The molecule has 0 aliphatic rings. The van der Waals surface area contributed by atoms with E-state index in [-0.39, 0.29) is 0 Å². The molecule has 2 nitrogen and oxygen atoms in total. The van der Waals surface area contributed by atoms with Gasteiger partial charge in [0.1, 0.15) is 0 Å². The summed E-state index contributed by atoms with van der Waals surface area (Å²) in [5, 5.41) is -0.546. The summed E-state index contributed by atoms with van der Waals surface area (Å²) >= 11 is 0. The van der Waals surface area contributed by atoms with Crippen LogP contribution < -0.4 is 0 Å². The number of benzene rings is 2. The summed E-state index contributed by atoms with van der Waals surface area (Å²) in [5.74, 6) is 0. The van der Waals surface area contributed by atoms with Gasteiger partial charge in [0.15, 0.2) is 9.84 Å². The average molecular weight is 272 g/mol. The largest absolute Gasteiger partial charge is 0.223 e. The lowest BCUT2D eigenvalue weighted by atomic mass is 10.2. The van der Waals surface area contributed by atoms with E-state index in [1.807, 2.05) is 42.5 Å². The minimum Gasteiger partial charge on any atom is -0.223 e. The van der Waals surface area contributed by atoms with Gasteiger partial charge in [0, 0.05) is 0 Å². The molecule has 3 heteroatoms. The molecule has 0 bridgehead atoms. The highest BCUT2D eigenvalue weighted by molar-refractivity contribution is 7.92. The Morgan fingerprint density at radius 2 is 1.42 bits per heavy atom.